The van der Waals surface area contributed by atoms with Gasteiger partial charge in [0.2, 0.25) is 11.8 Å². The van der Waals surface area contributed by atoms with Crippen LogP contribution in [0.2, 0.25) is 0 Å². The summed E-state index contributed by atoms with van der Waals surface area (Å²) in [6.45, 7) is 5.35. The van der Waals surface area contributed by atoms with Gasteiger partial charge in [-0.15, -0.1) is 24.8 Å². The second kappa shape index (κ2) is 14.5. The van der Waals surface area contributed by atoms with Gasteiger partial charge in [-0.05, 0) is 38.0 Å². The molecule has 0 aliphatic carbocycles. The van der Waals surface area contributed by atoms with E-state index in [0.29, 0.717) is 13.2 Å². The first kappa shape index (κ1) is 26.5. The second-order valence-corrected chi connectivity index (χ2v) is 6.63. The lowest BCUT2D eigenvalue weighted by Gasteiger charge is -2.19. The molecular weight excluding hydrogens is 403 g/mol. The minimum absolute atomic E-state index is 0. The molecule has 9 heteroatoms. The van der Waals surface area contributed by atoms with E-state index in [-0.39, 0.29) is 55.6 Å². The molecule has 1 aliphatic heterocycles. The lowest BCUT2D eigenvalue weighted by atomic mass is 10.2. The third-order valence-corrected chi connectivity index (χ3v) is 4.27. The first-order valence-corrected chi connectivity index (χ1v) is 9.22. The van der Waals surface area contributed by atoms with Gasteiger partial charge in [0.05, 0.1) is 13.2 Å². The number of ether oxygens (including phenoxy) is 1. The summed E-state index contributed by atoms with van der Waals surface area (Å²) in [7, 11) is 1.61. The van der Waals surface area contributed by atoms with Gasteiger partial charge in [0, 0.05) is 50.6 Å². The summed E-state index contributed by atoms with van der Waals surface area (Å²) in [5.74, 6) is -0.235. The Morgan fingerprint density at radius 2 is 1.89 bits per heavy atom. The number of carbonyl (C=O) groups excluding carboxylic acids is 2. The van der Waals surface area contributed by atoms with Crippen molar-refractivity contribution in [3.05, 3.63) is 24.3 Å². The van der Waals surface area contributed by atoms with E-state index < -0.39 is 0 Å². The van der Waals surface area contributed by atoms with Gasteiger partial charge in [0.25, 0.3) is 0 Å². The van der Waals surface area contributed by atoms with E-state index in [9.17, 15) is 9.59 Å². The molecule has 0 bridgehead atoms. The molecule has 1 saturated heterocycles. The van der Waals surface area contributed by atoms with Crippen molar-refractivity contribution in [2.24, 2.45) is 0 Å². The molecule has 2 rings (SSSR count). The number of nitrogens with one attached hydrogen (secondary N) is 3. The number of amides is 2. The van der Waals surface area contributed by atoms with E-state index in [0.717, 1.165) is 24.5 Å². The number of anilines is 2. The topological polar surface area (TPSA) is 82.7 Å². The zero-order valence-corrected chi connectivity index (χ0v) is 18.2. The highest BCUT2D eigenvalue weighted by atomic mass is 35.5. The van der Waals surface area contributed by atoms with Crippen LogP contribution in [-0.2, 0) is 14.3 Å². The number of hydrogen-bond acceptors (Lipinski definition) is 5. The minimum Gasteiger partial charge on any atom is -0.383 e. The van der Waals surface area contributed by atoms with E-state index in [1.165, 1.54) is 12.8 Å². The molecule has 2 amide bonds. The summed E-state index contributed by atoms with van der Waals surface area (Å²) < 4.78 is 4.90. The lowest BCUT2D eigenvalue weighted by Crippen LogP contribution is -2.41. The van der Waals surface area contributed by atoms with Crippen LogP contribution in [0.5, 0.6) is 0 Å². The Balaban J connectivity index is 0.00000364. The molecule has 1 atom stereocenters. The maximum atomic E-state index is 12.2. The Morgan fingerprint density at radius 3 is 2.57 bits per heavy atom. The van der Waals surface area contributed by atoms with Crippen LogP contribution in [0.25, 0.3) is 0 Å². The third kappa shape index (κ3) is 9.59. The normalized spacial score (nSPS) is 13.9. The molecule has 3 N–H and O–H groups in total. The van der Waals surface area contributed by atoms with Crippen molar-refractivity contribution in [1.82, 2.24) is 10.6 Å². The van der Waals surface area contributed by atoms with Gasteiger partial charge in [-0.25, -0.2) is 0 Å². The molecule has 0 aromatic heterocycles. The fourth-order valence-corrected chi connectivity index (χ4v) is 3.00. The highest BCUT2D eigenvalue weighted by Gasteiger charge is 2.14. The van der Waals surface area contributed by atoms with Gasteiger partial charge in [-0.2, -0.15) is 0 Å². The largest absolute Gasteiger partial charge is 0.383 e. The molecular formula is C19H32Cl2N4O3. The zero-order chi connectivity index (χ0) is 18.8. The second-order valence-electron chi connectivity index (χ2n) is 6.63. The molecule has 1 aliphatic rings. The molecule has 0 spiro atoms. The highest BCUT2D eigenvalue weighted by Crippen LogP contribution is 2.23. The van der Waals surface area contributed by atoms with E-state index in [1.807, 2.05) is 25.1 Å². The molecule has 1 fully saturated rings. The van der Waals surface area contributed by atoms with Crippen molar-refractivity contribution in [3.8, 4) is 0 Å². The van der Waals surface area contributed by atoms with Crippen molar-refractivity contribution >= 4 is 48.0 Å². The third-order valence-electron chi connectivity index (χ3n) is 4.27. The predicted molar refractivity (Wildman–Crippen MR) is 118 cm³/mol. The van der Waals surface area contributed by atoms with Crippen LogP contribution in [0.3, 0.4) is 0 Å². The van der Waals surface area contributed by atoms with Crippen molar-refractivity contribution in [2.75, 3.05) is 50.1 Å². The first-order chi connectivity index (χ1) is 12.6. The molecule has 28 heavy (non-hydrogen) atoms. The van der Waals surface area contributed by atoms with E-state index in [4.69, 9.17) is 4.74 Å². The van der Waals surface area contributed by atoms with Crippen LogP contribution in [0.15, 0.2) is 24.3 Å². The number of methoxy groups -OCH3 is 1. The van der Waals surface area contributed by atoms with Crippen molar-refractivity contribution in [1.29, 1.82) is 0 Å². The number of halogens is 2. The Hall–Kier alpha value is -1.54. The van der Waals surface area contributed by atoms with Gasteiger partial charge in [-0.1, -0.05) is 6.07 Å². The number of hydrogen-bond donors (Lipinski definition) is 3. The fourth-order valence-electron chi connectivity index (χ4n) is 3.00. The summed E-state index contributed by atoms with van der Waals surface area (Å²) in [5, 5.41) is 8.71. The van der Waals surface area contributed by atoms with E-state index >= 15 is 0 Å². The van der Waals surface area contributed by atoms with Crippen molar-refractivity contribution in [3.63, 3.8) is 0 Å². The van der Waals surface area contributed by atoms with Crippen LogP contribution in [0, 0.1) is 0 Å². The van der Waals surface area contributed by atoms with Crippen molar-refractivity contribution < 1.29 is 14.3 Å². The van der Waals surface area contributed by atoms with Crippen LogP contribution in [0.4, 0.5) is 11.4 Å². The molecule has 0 saturated carbocycles. The standard InChI is InChI=1S/C19H30N4O3.2ClH/c1-15(21-19(25)14-20-8-11-26-2)12-18(24)22-16-6-5-7-17(13-16)23-9-3-4-10-23;;/h5-7,13,15,20H,3-4,8-12,14H2,1-2H3,(H,21,25)(H,22,24);2*1H. The zero-order valence-electron chi connectivity index (χ0n) is 16.5. The van der Waals surface area contributed by atoms with Gasteiger partial charge >= 0.3 is 0 Å². The minimum atomic E-state index is -0.228. The summed E-state index contributed by atoms with van der Waals surface area (Å²) in [6, 6.07) is 7.70. The van der Waals surface area contributed by atoms with Crippen LogP contribution in [-0.4, -0.2) is 57.8 Å². The van der Waals surface area contributed by atoms with E-state index in [1.54, 1.807) is 7.11 Å². The molecule has 1 heterocycles. The first-order valence-electron chi connectivity index (χ1n) is 9.22. The summed E-state index contributed by atoms with van der Waals surface area (Å²) in [6.07, 6.45) is 2.67. The van der Waals surface area contributed by atoms with Crippen molar-refractivity contribution in [2.45, 2.75) is 32.2 Å². The molecule has 160 valence electrons. The van der Waals surface area contributed by atoms with Crippen LogP contribution < -0.4 is 20.9 Å². The predicted octanol–water partition coefficient (Wildman–Crippen LogP) is 2.20. The highest BCUT2D eigenvalue weighted by molar-refractivity contribution is 5.92. The molecule has 7 nitrogen and oxygen atoms in total. The SMILES string of the molecule is COCCNCC(=O)NC(C)CC(=O)Nc1cccc(N2CCCC2)c1.Cl.Cl. The van der Waals surface area contributed by atoms with Crippen LogP contribution in [0.1, 0.15) is 26.2 Å². The maximum Gasteiger partial charge on any atom is 0.234 e. The van der Waals surface area contributed by atoms with Gasteiger partial charge < -0.3 is 25.6 Å². The fraction of sp³-hybridized carbons (Fsp3) is 0.579. The average molecular weight is 435 g/mol. The number of carbonyl (C=O) groups is 2. The van der Waals surface area contributed by atoms with Gasteiger partial charge in [-0.3, -0.25) is 9.59 Å². The Bertz CT molecular complexity index is 598. The van der Waals surface area contributed by atoms with Gasteiger partial charge in [0.1, 0.15) is 0 Å². The van der Waals surface area contributed by atoms with Gasteiger partial charge in [0.15, 0.2) is 0 Å². The monoisotopic (exact) mass is 434 g/mol. The quantitative estimate of drug-likeness (QED) is 0.491. The summed E-state index contributed by atoms with van der Waals surface area (Å²) >= 11 is 0. The summed E-state index contributed by atoms with van der Waals surface area (Å²) in [5.41, 5.74) is 1.93. The molecule has 1 aromatic rings. The maximum absolute atomic E-state index is 12.2. The molecule has 0 radical (unpaired) electrons. The molecule has 1 aromatic carbocycles. The smallest absolute Gasteiger partial charge is 0.234 e. The van der Waals surface area contributed by atoms with Crippen LogP contribution >= 0.6 is 24.8 Å². The Kier molecular flexibility index (Phi) is 13.7. The van der Waals surface area contributed by atoms with E-state index in [2.05, 4.69) is 26.9 Å². The lowest BCUT2D eigenvalue weighted by molar-refractivity contribution is -0.121. The number of rotatable bonds is 10. The average Bonchev–Trinajstić information content (AvgIpc) is 3.13. The number of nitrogens with zero attached hydrogens (tertiary/aromatic N) is 1. The summed E-state index contributed by atoms with van der Waals surface area (Å²) in [4.78, 5) is 26.4. The number of benzene rings is 1. The molecule has 1 unspecified atom stereocenters. The Morgan fingerprint density at radius 1 is 1.18 bits per heavy atom. The Labute approximate surface area is 179 Å².